The maximum atomic E-state index is 12.8. The molecule has 0 radical (unpaired) electrons. The molecule has 2 aliphatic rings. The van der Waals surface area contributed by atoms with Gasteiger partial charge >= 0.3 is 0 Å². The van der Waals surface area contributed by atoms with Crippen LogP contribution in [-0.2, 0) is 17.6 Å². The summed E-state index contributed by atoms with van der Waals surface area (Å²) in [7, 11) is 0. The largest absolute Gasteiger partial charge is 0.342 e. The first-order valence-corrected chi connectivity index (χ1v) is 10.8. The normalized spacial score (nSPS) is 20.4. The van der Waals surface area contributed by atoms with Gasteiger partial charge in [0.15, 0.2) is 5.78 Å². The molecule has 1 amide bonds. The second-order valence-corrected chi connectivity index (χ2v) is 8.43. The van der Waals surface area contributed by atoms with E-state index in [4.69, 9.17) is 5.73 Å². The lowest BCUT2D eigenvalue weighted by atomic mass is 9.89. The van der Waals surface area contributed by atoms with Gasteiger partial charge in [-0.15, -0.1) is 12.4 Å². The van der Waals surface area contributed by atoms with Crippen LogP contribution in [0.5, 0.6) is 0 Å². The number of Topliss-reactive ketones (excluding diaryl/α,β-unsaturated/α-hetero) is 1. The Morgan fingerprint density at radius 2 is 1.67 bits per heavy atom. The van der Waals surface area contributed by atoms with Gasteiger partial charge in [0.05, 0.1) is 0 Å². The van der Waals surface area contributed by atoms with Crippen LogP contribution < -0.4 is 5.73 Å². The molecule has 4 rings (SSSR count). The van der Waals surface area contributed by atoms with Gasteiger partial charge in [0.1, 0.15) is 0 Å². The zero-order chi connectivity index (χ0) is 20.2. The quantitative estimate of drug-likeness (QED) is 0.705. The van der Waals surface area contributed by atoms with Crippen LogP contribution in [0.25, 0.3) is 0 Å². The van der Waals surface area contributed by atoms with Crippen molar-refractivity contribution in [1.29, 1.82) is 0 Å². The van der Waals surface area contributed by atoms with Gasteiger partial charge in [-0.05, 0) is 60.9 Å². The standard InChI is InChI=1S/C25H30N2O2.ClH/c26-15-22-16-27(17-23(22)19-7-2-1-3-8-19)25(29)13-12-24(28)21-11-10-18-6-4-5-9-20(18)14-21;/h1-3,7-8,10-11,14,22-23H,4-6,9,12-13,15-17,26H2;1H/t22-,23+;/m1./s1. The number of carbonyl (C=O) groups excluding carboxylic acids is 2. The molecule has 1 fully saturated rings. The molecular weight excluding hydrogens is 396 g/mol. The number of amides is 1. The minimum atomic E-state index is 0. The van der Waals surface area contributed by atoms with Gasteiger partial charge in [-0.1, -0.05) is 42.5 Å². The number of rotatable bonds is 6. The summed E-state index contributed by atoms with van der Waals surface area (Å²) in [6.45, 7) is 1.94. The van der Waals surface area contributed by atoms with Gasteiger partial charge in [-0.3, -0.25) is 9.59 Å². The smallest absolute Gasteiger partial charge is 0.223 e. The Kier molecular flexibility index (Phi) is 7.68. The number of carbonyl (C=O) groups is 2. The molecule has 30 heavy (non-hydrogen) atoms. The van der Waals surface area contributed by atoms with E-state index in [-0.39, 0.29) is 48.8 Å². The third kappa shape index (κ3) is 4.93. The van der Waals surface area contributed by atoms with Crippen LogP contribution >= 0.6 is 12.4 Å². The van der Waals surface area contributed by atoms with Crippen LogP contribution in [0.3, 0.4) is 0 Å². The molecule has 2 atom stereocenters. The number of hydrogen-bond acceptors (Lipinski definition) is 3. The molecule has 0 saturated carbocycles. The van der Waals surface area contributed by atoms with Gasteiger partial charge in [-0.25, -0.2) is 0 Å². The minimum absolute atomic E-state index is 0. The Balaban J connectivity index is 0.00000256. The Labute approximate surface area is 185 Å². The molecule has 2 aromatic carbocycles. The number of likely N-dealkylation sites (tertiary alicyclic amines) is 1. The van der Waals surface area contributed by atoms with Gasteiger partial charge < -0.3 is 10.6 Å². The molecule has 0 aromatic heterocycles. The summed E-state index contributed by atoms with van der Waals surface area (Å²) in [5.74, 6) is 0.688. The molecule has 160 valence electrons. The van der Waals surface area contributed by atoms with Crippen molar-refractivity contribution in [1.82, 2.24) is 4.90 Å². The lowest BCUT2D eigenvalue weighted by Crippen LogP contribution is -2.30. The van der Waals surface area contributed by atoms with Gasteiger partial charge in [-0.2, -0.15) is 0 Å². The van der Waals surface area contributed by atoms with E-state index in [9.17, 15) is 9.59 Å². The average molecular weight is 427 g/mol. The molecule has 4 nitrogen and oxygen atoms in total. The number of fused-ring (bicyclic) bond motifs is 1. The topological polar surface area (TPSA) is 63.4 Å². The molecule has 1 aliphatic carbocycles. The van der Waals surface area contributed by atoms with E-state index in [0.29, 0.717) is 19.6 Å². The van der Waals surface area contributed by atoms with Crippen LogP contribution in [0.2, 0.25) is 0 Å². The number of nitrogens with two attached hydrogens (primary N) is 1. The first-order valence-electron chi connectivity index (χ1n) is 10.8. The second-order valence-electron chi connectivity index (χ2n) is 8.43. The summed E-state index contributed by atoms with van der Waals surface area (Å²) in [4.78, 5) is 27.3. The van der Waals surface area contributed by atoms with E-state index in [1.54, 1.807) is 0 Å². The van der Waals surface area contributed by atoms with E-state index >= 15 is 0 Å². The van der Waals surface area contributed by atoms with Gasteiger partial charge in [0.2, 0.25) is 5.91 Å². The molecule has 1 saturated heterocycles. The van der Waals surface area contributed by atoms with Crippen LogP contribution in [-0.4, -0.2) is 36.2 Å². The van der Waals surface area contributed by atoms with Crippen molar-refractivity contribution in [2.45, 2.75) is 44.4 Å². The Bertz CT molecular complexity index is 884. The van der Waals surface area contributed by atoms with E-state index in [1.807, 2.05) is 35.2 Å². The molecule has 0 bridgehead atoms. The van der Waals surface area contributed by atoms with Crippen molar-refractivity contribution in [2.24, 2.45) is 11.7 Å². The molecule has 1 aliphatic heterocycles. The van der Waals surface area contributed by atoms with Gasteiger partial charge in [0.25, 0.3) is 0 Å². The van der Waals surface area contributed by atoms with Crippen molar-refractivity contribution in [3.8, 4) is 0 Å². The third-order valence-corrected chi connectivity index (χ3v) is 6.56. The predicted octanol–water partition coefficient (Wildman–Crippen LogP) is 4.15. The molecule has 1 heterocycles. The lowest BCUT2D eigenvalue weighted by Gasteiger charge is -2.17. The molecule has 5 heteroatoms. The zero-order valence-corrected chi connectivity index (χ0v) is 18.2. The first kappa shape index (κ1) is 22.5. The Morgan fingerprint density at radius 1 is 0.933 bits per heavy atom. The maximum absolute atomic E-state index is 12.8. The van der Waals surface area contributed by atoms with Crippen molar-refractivity contribution in [3.05, 3.63) is 70.8 Å². The van der Waals surface area contributed by atoms with Crippen LogP contribution in [0.1, 0.15) is 58.6 Å². The summed E-state index contributed by atoms with van der Waals surface area (Å²) < 4.78 is 0. The fourth-order valence-electron chi connectivity index (χ4n) is 4.82. The summed E-state index contributed by atoms with van der Waals surface area (Å²) in [6, 6.07) is 16.4. The number of halogens is 1. The lowest BCUT2D eigenvalue weighted by molar-refractivity contribution is -0.130. The number of nitrogens with zero attached hydrogens (tertiary/aromatic N) is 1. The number of ketones is 1. The van der Waals surface area contributed by atoms with Crippen LogP contribution in [0.15, 0.2) is 48.5 Å². The first-order chi connectivity index (χ1) is 14.2. The molecule has 2 N–H and O–H groups in total. The molecule has 2 aromatic rings. The fourth-order valence-corrected chi connectivity index (χ4v) is 4.82. The summed E-state index contributed by atoms with van der Waals surface area (Å²) in [5.41, 5.74) is 10.7. The van der Waals surface area contributed by atoms with E-state index in [0.717, 1.165) is 18.4 Å². The Hall–Kier alpha value is -2.17. The van der Waals surface area contributed by atoms with Gasteiger partial charge in [0, 0.05) is 37.4 Å². The summed E-state index contributed by atoms with van der Waals surface area (Å²) in [6.07, 6.45) is 5.15. The third-order valence-electron chi connectivity index (χ3n) is 6.56. The highest BCUT2D eigenvalue weighted by atomic mass is 35.5. The predicted molar refractivity (Wildman–Crippen MR) is 122 cm³/mol. The highest BCUT2D eigenvalue weighted by molar-refractivity contribution is 5.98. The van der Waals surface area contributed by atoms with Crippen molar-refractivity contribution >= 4 is 24.1 Å². The van der Waals surface area contributed by atoms with E-state index < -0.39 is 0 Å². The monoisotopic (exact) mass is 426 g/mol. The van der Waals surface area contributed by atoms with E-state index in [2.05, 4.69) is 18.2 Å². The number of aryl methyl sites for hydroxylation is 2. The van der Waals surface area contributed by atoms with E-state index in [1.165, 1.54) is 29.5 Å². The number of hydrogen-bond donors (Lipinski definition) is 1. The summed E-state index contributed by atoms with van der Waals surface area (Å²) >= 11 is 0. The number of benzene rings is 2. The highest BCUT2D eigenvalue weighted by Crippen LogP contribution is 2.32. The Morgan fingerprint density at radius 3 is 2.40 bits per heavy atom. The minimum Gasteiger partial charge on any atom is -0.342 e. The average Bonchev–Trinajstić information content (AvgIpc) is 3.22. The molecule has 0 spiro atoms. The SMILES string of the molecule is Cl.NC[C@@H]1CN(C(=O)CCC(=O)c2ccc3c(c2)CCCC3)C[C@H]1c1ccccc1. The maximum Gasteiger partial charge on any atom is 0.223 e. The highest BCUT2D eigenvalue weighted by Gasteiger charge is 2.35. The molecular formula is C25H31ClN2O2. The zero-order valence-electron chi connectivity index (χ0n) is 17.4. The second kappa shape index (κ2) is 10.2. The van der Waals surface area contributed by atoms with Crippen molar-refractivity contribution < 1.29 is 9.59 Å². The fraction of sp³-hybridized carbons (Fsp3) is 0.440. The summed E-state index contributed by atoms with van der Waals surface area (Å²) in [5, 5.41) is 0. The van der Waals surface area contributed by atoms with Crippen molar-refractivity contribution in [3.63, 3.8) is 0 Å². The van der Waals surface area contributed by atoms with Crippen LogP contribution in [0, 0.1) is 5.92 Å². The molecule has 0 unspecified atom stereocenters. The van der Waals surface area contributed by atoms with Crippen molar-refractivity contribution in [2.75, 3.05) is 19.6 Å². The van der Waals surface area contributed by atoms with Crippen LogP contribution in [0.4, 0.5) is 0 Å².